The zero-order chi connectivity index (χ0) is 30.4. The number of hydrogen-bond donors (Lipinski definition) is 1. The lowest BCUT2D eigenvalue weighted by Crippen LogP contribution is -2.56. The highest BCUT2D eigenvalue weighted by Gasteiger charge is 2.34. The molecule has 1 atom stereocenters. The van der Waals surface area contributed by atoms with E-state index in [-0.39, 0.29) is 24.8 Å². The molecule has 7 nitrogen and oxygen atoms in total. The average molecular weight is 578 g/mol. The average Bonchev–Trinajstić information content (AvgIpc) is 2.88. The smallest absolute Gasteiger partial charge is 0.244 e. The van der Waals surface area contributed by atoms with Gasteiger partial charge in [-0.15, -0.1) is 0 Å². The minimum atomic E-state index is -3.81. The molecule has 3 aromatic carbocycles. The van der Waals surface area contributed by atoms with E-state index in [9.17, 15) is 18.0 Å². The van der Waals surface area contributed by atoms with Gasteiger partial charge in [0.15, 0.2) is 0 Å². The van der Waals surface area contributed by atoms with Crippen molar-refractivity contribution in [3.05, 3.63) is 101 Å². The predicted molar refractivity (Wildman–Crippen MR) is 166 cm³/mol. The number of nitrogens with one attached hydrogen (secondary N) is 1. The maximum atomic E-state index is 14.2. The molecule has 2 amide bonds. The molecule has 0 bridgehead atoms. The number of carbonyl (C=O) groups is 2. The van der Waals surface area contributed by atoms with Gasteiger partial charge in [-0.05, 0) is 62.4 Å². The van der Waals surface area contributed by atoms with Gasteiger partial charge in [-0.2, -0.15) is 0 Å². The monoisotopic (exact) mass is 577 g/mol. The van der Waals surface area contributed by atoms with Crippen molar-refractivity contribution in [2.75, 3.05) is 17.1 Å². The van der Waals surface area contributed by atoms with Crippen LogP contribution in [0.3, 0.4) is 0 Å². The lowest BCUT2D eigenvalue weighted by atomic mass is 10.0. The molecule has 0 spiro atoms. The molecule has 0 aliphatic carbocycles. The standard InChI is InChI=1S/C33H43N3O4S/c1-24(2)28-16-18-29(19-17-28)36(41(7,39)40)23-31(37)35(22-27-15-11-12-25(3)20-27)30(32(38)34-33(4,5)6)21-26-13-9-8-10-14-26/h8-20,24,30H,21-23H2,1-7H3,(H,34,38). The van der Waals surface area contributed by atoms with Crippen molar-refractivity contribution >= 4 is 27.5 Å². The van der Waals surface area contributed by atoms with Crippen LogP contribution in [0.5, 0.6) is 0 Å². The molecule has 0 fully saturated rings. The van der Waals surface area contributed by atoms with Crippen molar-refractivity contribution in [3.63, 3.8) is 0 Å². The summed E-state index contributed by atoms with van der Waals surface area (Å²) in [5.74, 6) is -0.480. The fourth-order valence-corrected chi connectivity index (χ4v) is 5.50. The summed E-state index contributed by atoms with van der Waals surface area (Å²) in [7, 11) is -3.81. The van der Waals surface area contributed by atoms with E-state index in [1.165, 1.54) is 4.90 Å². The van der Waals surface area contributed by atoms with Gasteiger partial charge >= 0.3 is 0 Å². The van der Waals surface area contributed by atoms with Gasteiger partial charge in [-0.3, -0.25) is 13.9 Å². The summed E-state index contributed by atoms with van der Waals surface area (Å²) in [4.78, 5) is 29.5. The zero-order valence-electron chi connectivity index (χ0n) is 25.2. The summed E-state index contributed by atoms with van der Waals surface area (Å²) in [6, 6.07) is 23.6. The number of rotatable bonds is 11. The minimum Gasteiger partial charge on any atom is -0.350 e. The highest BCUT2D eigenvalue weighted by Crippen LogP contribution is 2.23. The van der Waals surface area contributed by atoms with Crippen LogP contribution in [0.1, 0.15) is 62.8 Å². The van der Waals surface area contributed by atoms with E-state index in [1.807, 2.05) is 94.4 Å². The Hall–Kier alpha value is -3.65. The van der Waals surface area contributed by atoms with Crippen LogP contribution in [0.4, 0.5) is 5.69 Å². The molecule has 0 heterocycles. The Morgan fingerprint density at radius 3 is 2.02 bits per heavy atom. The van der Waals surface area contributed by atoms with E-state index in [1.54, 1.807) is 12.1 Å². The summed E-state index contributed by atoms with van der Waals surface area (Å²) in [5, 5.41) is 3.04. The van der Waals surface area contributed by atoms with E-state index in [0.717, 1.165) is 32.8 Å². The Labute approximate surface area is 245 Å². The zero-order valence-corrected chi connectivity index (χ0v) is 26.0. The number of carbonyl (C=O) groups excluding carboxylic acids is 2. The largest absolute Gasteiger partial charge is 0.350 e. The molecule has 3 rings (SSSR count). The van der Waals surface area contributed by atoms with Gasteiger partial charge in [0, 0.05) is 18.5 Å². The third-order valence-electron chi connectivity index (χ3n) is 6.73. The normalized spacial score (nSPS) is 12.6. The van der Waals surface area contributed by atoms with Crippen LogP contribution in [0, 0.1) is 6.92 Å². The second-order valence-electron chi connectivity index (χ2n) is 12.0. The fourth-order valence-electron chi connectivity index (χ4n) is 4.65. The van der Waals surface area contributed by atoms with Gasteiger partial charge < -0.3 is 10.2 Å². The molecule has 0 saturated heterocycles. The Morgan fingerprint density at radius 1 is 0.878 bits per heavy atom. The number of sulfonamides is 1. The topological polar surface area (TPSA) is 86.8 Å². The van der Waals surface area contributed by atoms with E-state index < -0.39 is 34.1 Å². The predicted octanol–water partition coefficient (Wildman–Crippen LogP) is 5.44. The summed E-state index contributed by atoms with van der Waals surface area (Å²) in [5.41, 5.74) is 3.72. The first kappa shape index (κ1) is 31.9. The third kappa shape index (κ3) is 9.46. The number of aryl methyl sites for hydroxylation is 1. The quantitative estimate of drug-likeness (QED) is 0.329. The molecule has 220 valence electrons. The summed E-state index contributed by atoms with van der Waals surface area (Å²) in [6.45, 7) is 11.5. The second-order valence-corrected chi connectivity index (χ2v) is 13.9. The van der Waals surface area contributed by atoms with Gasteiger partial charge in [-0.25, -0.2) is 8.42 Å². The number of hydrogen-bond acceptors (Lipinski definition) is 4. The maximum absolute atomic E-state index is 14.2. The van der Waals surface area contributed by atoms with Crippen LogP contribution in [0.15, 0.2) is 78.9 Å². The number of anilines is 1. The van der Waals surface area contributed by atoms with Crippen molar-refractivity contribution < 1.29 is 18.0 Å². The van der Waals surface area contributed by atoms with Crippen LogP contribution in [0.25, 0.3) is 0 Å². The Bertz CT molecular complexity index is 1430. The minimum absolute atomic E-state index is 0.152. The Morgan fingerprint density at radius 2 is 1.49 bits per heavy atom. The van der Waals surface area contributed by atoms with Gasteiger partial charge in [0.25, 0.3) is 0 Å². The van der Waals surface area contributed by atoms with Gasteiger partial charge in [0.1, 0.15) is 12.6 Å². The van der Waals surface area contributed by atoms with E-state index in [2.05, 4.69) is 19.2 Å². The first-order chi connectivity index (χ1) is 19.1. The second kappa shape index (κ2) is 13.3. The summed E-state index contributed by atoms with van der Waals surface area (Å²) >= 11 is 0. The number of amides is 2. The van der Waals surface area contributed by atoms with Crippen LogP contribution in [-0.4, -0.2) is 49.5 Å². The van der Waals surface area contributed by atoms with E-state index >= 15 is 0 Å². The molecular weight excluding hydrogens is 534 g/mol. The summed E-state index contributed by atoms with van der Waals surface area (Å²) < 4.78 is 27.1. The Kier molecular flexibility index (Phi) is 10.4. The molecule has 0 aromatic heterocycles. The molecule has 3 aromatic rings. The van der Waals surface area contributed by atoms with Crippen LogP contribution < -0.4 is 9.62 Å². The molecule has 8 heteroatoms. The molecule has 1 N–H and O–H groups in total. The highest BCUT2D eigenvalue weighted by atomic mass is 32.2. The molecule has 41 heavy (non-hydrogen) atoms. The highest BCUT2D eigenvalue weighted by molar-refractivity contribution is 7.92. The molecular formula is C33H43N3O4S. The number of nitrogens with zero attached hydrogens (tertiary/aromatic N) is 2. The molecule has 0 saturated carbocycles. The van der Waals surface area contributed by atoms with Crippen LogP contribution >= 0.6 is 0 Å². The van der Waals surface area contributed by atoms with Crippen molar-refractivity contribution in [1.82, 2.24) is 10.2 Å². The van der Waals surface area contributed by atoms with E-state index in [0.29, 0.717) is 5.69 Å². The third-order valence-corrected chi connectivity index (χ3v) is 7.87. The molecule has 0 aliphatic heterocycles. The van der Waals surface area contributed by atoms with Crippen molar-refractivity contribution in [1.29, 1.82) is 0 Å². The first-order valence-electron chi connectivity index (χ1n) is 13.9. The lowest BCUT2D eigenvalue weighted by Gasteiger charge is -2.35. The molecule has 1 unspecified atom stereocenters. The fraction of sp³-hybridized carbons (Fsp3) is 0.394. The SMILES string of the molecule is Cc1cccc(CN(C(=O)CN(c2ccc(C(C)C)cc2)S(C)(=O)=O)C(Cc2ccccc2)C(=O)NC(C)(C)C)c1. The van der Waals surface area contributed by atoms with Crippen molar-refractivity contribution in [2.45, 2.75) is 72.0 Å². The summed E-state index contributed by atoms with van der Waals surface area (Å²) in [6.07, 6.45) is 1.37. The van der Waals surface area contributed by atoms with Crippen LogP contribution in [-0.2, 0) is 32.6 Å². The molecule has 0 radical (unpaired) electrons. The van der Waals surface area contributed by atoms with Crippen molar-refractivity contribution in [3.8, 4) is 0 Å². The van der Waals surface area contributed by atoms with Gasteiger partial charge in [-0.1, -0.05) is 86.1 Å². The lowest BCUT2D eigenvalue weighted by molar-refractivity contribution is -0.140. The maximum Gasteiger partial charge on any atom is 0.244 e. The first-order valence-corrected chi connectivity index (χ1v) is 15.8. The van der Waals surface area contributed by atoms with Crippen LogP contribution in [0.2, 0.25) is 0 Å². The van der Waals surface area contributed by atoms with Gasteiger partial charge in [0.2, 0.25) is 21.8 Å². The Balaban J connectivity index is 2.06. The van der Waals surface area contributed by atoms with Crippen molar-refractivity contribution in [2.24, 2.45) is 0 Å². The molecule has 0 aliphatic rings. The van der Waals surface area contributed by atoms with E-state index in [4.69, 9.17) is 0 Å². The van der Waals surface area contributed by atoms with Gasteiger partial charge in [0.05, 0.1) is 11.9 Å². The number of benzene rings is 3.